The Bertz CT molecular complexity index is 357. The Morgan fingerprint density at radius 3 is 3.18 bits per heavy atom. The number of anilines is 1. The van der Waals surface area contributed by atoms with E-state index in [1.54, 1.807) is 6.20 Å². The number of aromatic nitrogens is 1. The third-order valence-corrected chi connectivity index (χ3v) is 3.89. The third-order valence-electron chi connectivity index (χ3n) is 2.87. The van der Waals surface area contributed by atoms with E-state index in [1.165, 1.54) is 0 Å². The normalized spacial score (nSPS) is 22.3. The number of nitrogens with two attached hydrogens (primary N) is 2. The van der Waals surface area contributed by atoms with Crippen molar-refractivity contribution in [2.45, 2.75) is 18.6 Å². The van der Waals surface area contributed by atoms with Crippen LogP contribution in [0.15, 0.2) is 18.3 Å². The highest BCUT2D eigenvalue weighted by atomic mass is 32.2. The van der Waals surface area contributed by atoms with Crippen molar-refractivity contribution in [2.24, 2.45) is 5.84 Å². The maximum atomic E-state index is 5.83. The molecule has 1 aliphatic rings. The zero-order chi connectivity index (χ0) is 12.1. The zero-order valence-electron chi connectivity index (χ0n) is 9.63. The number of nitrogens with one attached hydrogen (secondary N) is 1. The summed E-state index contributed by atoms with van der Waals surface area (Å²) in [6, 6.07) is 3.94. The zero-order valence-corrected chi connectivity index (χ0v) is 10.5. The summed E-state index contributed by atoms with van der Waals surface area (Å²) in [4.78, 5) is 4.07. The molecule has 1 aliphatic heterocycles. The van der Waals surface area contributed by atoms with E-state index < -0.39 is 0 Å². The van der Waals surface area contributed by atoms with Crippen molar-refractivity contribution in [3.05, 3.63) is 23.9 Å². The summed E-state index contributed by atoms with van der Waals surface area (Å²) in [6.07, 6.45) is 2.57. The molecule has 5 nitrogen and oxygen atoms in total. The second kappa shape index (κ2) is 6.20. The lowest BCUT2D eigenvalue weighted by Gasteiger charge is -2.29. The Balaban J connectivity index is 2.01. The Labute approximate surface area is 105 Å². The molecular weight excluding hydrogens is 236 g/mol. The number of pyridine rings is 1. The lowest BCUT2D eigenvalue weighted by atomic mass is 10.0. The predicted octanol–water partition coefficient (Wildman–Crippen LogP) is 0.170. The van der Waals surface area contributed by atoms with Gasteiger partial charge in [-0.2, -0.15) is 11.8 Å². The SMILES string of the molecule is NNC(Cc1cccnc1N)C1CSCCO1. The fraction of sp³-hybridized carbons (Fsp3) is 0.545. The third kappa shape index (κ3) is 3.32. The molecule has 0 aliphatic carbocycles. The summed E-state index contributed by atoms with van der Waals surface area (Å²) in [7, 11) is 0. The second-order valence-corrected chi connectivity index (χ2v) is 5.16. The molecule has 1 fully saturated rings. The maximum Gasteiger partial charge on any atom is 0.126 e. The average molecular weight is 254 g/mol. The largest absolute Gasteiger partial charge is 0.383 e. The van der Waals surface area contributed by atoms with E-state index in [4.69, 9.17) is 16.3 Å². The summed E-state index contributed by atoms with van der Waals surface area (Å²) >= 11 is 1.89. The number of ether oxygens (including phenoxy) is 1. The van der Waals surface area contributed by atoms with Gasteiger partial charge in [0.1, 0.15) is 5.82 Å². The molecule has 2 atom stereocenters. The molecule has 1 aromatic rings. The smallest absolute Gasteiger partial charge is 0.126 e. The quantitative estimate of drug-likeness (QED) is 0.524. The fourth-order valence-corrected chi connectivity index (χ4v) is 2.84. The van der Waals surface area contributed by atoms with Gasteiger partial charge in [-0.15, -0.1) is 0 Å². The minimum Gasteiger partial charge on any atom is -0.383 e. The molecule has 0 spiro atoms. The predicted molar refractivity (Wildman–Crippen MR) is 70.5 cm³/mol. The second-order valence-electron chi connectivity index (χ2n) is 4.01. The number of nitrogen functional groups attached to an aromatic ring is 1. The Hall–Kier alpha value is -0.820. The maximum absolute atomic E-state index is 5.83. The number of nitrogens with zero attached hydrogens (tertiary/aromatic N) is 1. The van der Waals surface area contributed by atoms with Crippen molar-refractivity contribution in [1.29, 1.82) is 0 Å². The van der Waals surface area contributed by atoms with E-state index in [1.807, 2.05) is 23.9 Å². The van der Waals surface area contributed by atoms with Crippen LogP contribution in [0.25, 0.3) is 0 Å². The number of hydrogen-bond donors (Lipinski definition) is 3. The van der Waals surface area contributed by atoms with Crippen LogP contribution >= 0.6 is 11.8 Å². The van der Waals surface area contributed by atoms with Gasteiger partial charge in [0.05, 0.1) is 18.8 Å². The van der Waals surface area contributed by atoms with Crippen LogP contribution in [0.5, 0.6) is 0 Å². The van der Waals surface area contributed by atoms with Crippen molar-refractivity contribution in [3.8, 4) is 0 Å². The van der Waals surface area contributed by atoms with Crippen molar-refractivity contribution < 1.29 is 4.74 Å². The molecule has 94 valence electrons. The molecule has 5 N–H and O–H groups in total. The molecule has 0 saturated carbocycles. The summed E-state index contributed by atoms with van der Waals surface area (Å²) in [6.45, 7) is 0.788. The van der Waals surface area contributed by atoms with E-state index in [9.17, 15) is 0 Å². The molecule has 0 radical (unpaired) electrons. The highest BCUT2D eigenvalue weighted by Crippen LogP contribution is 2.19. The monoisotopic (exact) mass is 254 g/mol. The van der Waals surface area contributed by atoms with Crippen LogP contribution in [0, 0.1) is 0 Å². The van der Waals surface area contributed by atoms with Gasteiger partial charge in [0, 0.05) is 17.7 Å². The topological polar surface area (TPSA) is 86.2 Å². The Kier molecular flexibility index (Phi) is 4.61. The van der Waals surface area contributed by atoms with Crippen LogP contribution in [-0.4, -0.2) is 35.2 Å². The summed E-state index contributed by atoms with van der Waals surface area (Å²) in [5.74, 6) is 8.19. The molecule has 0 bridgehead atoms. The lowest BCUT2D eigenvalue weighted by molar-refractivity contribution is 0.0472. The van der Waals surface area contributed by atoms with Crippen LogP contribution in [0.4, 0.5) is 5.82 Å². The first-order valence-electron chi connectivity index (χ1n) is 5.66. The molecule has 1 saturated heterocycles. The first-order chi connectivity index (χ1) is 8.31. The molecule has 0 amide bonds. The molecule has 2 unspecified atom stereocenters. The number of rotatable bonds is 4. The average Bonchev–Trinajstić information content (AvgIpc) is 2.39. The molecule has 2 rings (SSSR count). The van der Waals surface area contributed by atoms with Gasteiger partial charge in [0.15, 0.2) is 0 Å². The summed E-state index contributed by atoms with van der Waals surface area (Å²) in [5, 5.41) is 0. The van der Waals surface area contributed by atoms with E-state index >= 15 is 0 Å². The fourth-order valence-electron chi connectivity index (χ4n) is 1.90. The molecule has 2 heterocycles. The Morgan fingerprint density at radius 2 is 2.53 bits per heavy atom. The number of hydrazine groups is 1. The van der Waals surface area contributed by atoms with Crippen LogP contribution in [0.3, 0.4) is 0 Å². The summed E-state index contributed by atoms with van der Waals surface area (Å²) in [5.41, 5.74) is 9.66. The minimum absolute atomic E-state index is 0.0781. The van der Waals surface area contributed by atoms with Crippen LogP contribution < -0.4 is 17.0 Å². The molecular formula is C11H18N4OS. The standard InChI is InChI=1S/C11H18N4OS/c12-11-8(2-1-3-14-11)6-9(15-13)10-7-17-5-4-16-10/h1-3,9-10,15H,4-7,13H2,(H2,12,14). The van der Waals surface area contributed by atoms with Crippen molar-refractivity contribution >= 4 is 17.6 Å². The van der Waals surface area contributed by atoms with Gasteiger partial charge >= 0.3 is 0 Å². The number of hydrogen-bond acceptors (Lipinski definition) is 6. The van der Waals surface area contributed by atoms with Crippen LogP contribution in [0.2, 0.25) is 0 Å². The highest BCUT2D eigenvalue weighted by molar-refractivity contribution is 7.99. The van der Waals surface area contributed by atoms with Crippen molar-refractivity contribution in [3.63, 3.8) is 0 Å². The van der Waals surface area contributed by atoms with Crippen LogP contribution in [0.1, 0.15) is 5.56 Å². The van der Waals surface area contributed by atoms with Gasteiger partial charge in [-0.25, -0.2) is 4.98 Å². The highest BCUT2D eigenvalue weighted by Gasteiger charge is 2.24. The minimum atomic E-state index is 0.0781. The molecule has 0 aromatic carbocycles. The van der Waals surface area contributed by atoms with E-state index in [-0.39, 0.29) is 12.1 Å². The van der Waals surface area contributed by atoms with Crippen molar-refractivity contribution in [1.82, 2.24) is 10.4 Å². The van der Waals surface area contributed by atoms with Crippen LogP contribution in [-0.2, 0) is 11.2 Å². The lowest BCUT2D eigenvalue weighted by Crippen LogP contribution is -2.49. The van der Waals surface area contributed by atoms with Crippen molar-refractivity contribution in [2.75, 3.05) is 23.8 Å². The first-order valence-corrected chi connectivity index (χ1v) is 6.81. The molecule has 1 aromatic heterocycles. The molecule has 6 heteroatoms. The first kappa shape index (κ1) is 12.6. The van der Waals surface area contributed by atoms with Gasteiger partial charge in [0.2, 0.25) is 0 Å². The van der Waals surface area contributed by atoms with E-state index in [0.717, 1.165) is 30.1 Å². The van der Waals surface area contributed by atoms with Gasteiger partial charge in [-0.05, 0) is 18.1 Å². The van der Waals surface area contributed by atoms with Gasteiger partial charge in [0.25, 0.3) is 0 Å². The van der Waals surface area contributed by atoms with Gasteiger partial charge in [-0.3, -0.25) is 11.3 Å². The van der Waals surface area contributed by atoms with Gasteiger partial charge < -0.3 is 10.5 Å². The Morgan fingerprint density at radius 1 is 1.65 bits per heavy atom. The molecule has 17 heavy (non-hydrogen) atoms. The van der Waals surface area contributed by atoms with Gasteiger partial charge in [-0.1, -0.05) is 6.07 Å². The summed E-state index contributed by atoms with van der Waals surface area (Å²) < 4.78 is 5.72. The van der Waals surface area contributed by atoms with E-state index in [2.05, 4.69) is 10.4 Å². The van der Waals surface area contributed by atoms with E-state index in [0.29, 0.717) is 5.82 Å². The number of thioether (sulfide) groups is 1.